The van der Waals surface area contributed by atoms with Crippen molar-refractivity contribution in [3.8, 4) is 0 Å². The van der Waals surface area contributed by atoms with Crippen molar-refractivity contribution in [1.29, 1.82) is 0 Å². The van der Waals surface area contributed by atoms with Gasteiger partial charge in [-0.05, 0) is 12.0 Å². The minimum absolute atomic E-state index is 0.186. The lowest BCUT2D eigenvalue weighted by Gasteiger charge is -2.09. The summed E-state index contributed by atoms with van der Waals surface area (Å²) in [5.41, 5.74) is 6.54. The molecular weight excluding hydrogens is 234 g/mol. The van der Waals surface area contributed by atoms with Gasteiger partial charge in [0.05, 0.1) is 5.52 Å². The fraction of sp³-hybridized carbons (Fsp3) is 0.333. The number of aromatic nitrogens is 2. The number of nitrogen functional groups attached to an aromatic ring is 1. The maximum atomic E-state index is 9.01. The third-order valence-corrected chi connectivity index (χ3v) is 3.72. The Bertz CT molecular complexity index is 518. The van der Waals surface area contributed by atoms with Crippen LogP contribution in [0, 0.1) is 5.92 Å². The highest BCUT2D eigenvalue weighted by molar-refractivity contribution is 7.99. The van der Waals surface area contributed by atoms with Gasteiger partial charge in [-0.2, -0.15) is 0 Å². The second-order valence-corrected chi connectivity index (χ2v) is 5.01. The highest BCUT2D eigenvalue weighted by Gasteiger charge is 2.08. The van der Waals surface area contributed by atoms with Crippen LogP contribution in [0.15, 0.2) is 29.3 Å². The molecular formula is C12H15N3OS. The molecule has 1 heterocycles. The largest absolute Gasteiger partial charge is 0.396 e. The summed E-state index contributed by atoms with van der Waals surface area (Å²) in [4.78, 5) is 8.44. The zero-order valence-corrected chi connectivity index (χ0v) is 10.4. The number of para-hydroxylation sites is 1. The summed E-state index contributed by atoms with van der Waals surface area (Å²) in [5, 5.41) is 10.9. The third kappa shape index (κ3) is 2.87. The average molecular weight is 249 g/mol. The molecule has 2 aromatic rings. The Morgan fingerprint density at radius 3 is 2.88 bits per heavy atom. The maximum Gasteiger partial charge on any atom is 0.221 e. The summed E-state index contributed by atoms with van der Waals surface area (Å²) in [6.07, 6.45) is 0. The van der Waals surface area contributed by atoms with Crippen molar-refractivity contribution in [2.24, 2.45) is 5.92 Å². The van der Waals surface area contributed by atoms with Crippen LogP contribution in [0.3, 0.4) is 0 Å². The molecule has 90 valence electrons. The highest BCUT2D eigenvalue weighted by Crippen LogP contribution is 2.27. The number of hydrogen-bond acceptors (Lipinski definition) is 5. The number of thioether (sulfide) groups is 1. The second-order valence-electron chi connectivity index (χ2n) is 4.00. The molecule has 0 bridgehead atoms. The summed E-state index contributed by atoms with van der Waals surface area (Å²) in [5.74, 6) is 1.36. The molecule has 5 heteroatoms. The Labute approximate surface area is 104 Å². The summed E-state index contributed by atoms with van der Waals surface area (Å²) >= 11 is 1.61. The molecule has 0 saturated heterocycles. The average Bonchev–Trinajstić information content (AvgIpc) is 2.35. The number of fused-ring (bicyclic) bond motifs is 1. The fourth-order valence-corrected chi connectivity index (χ4v) is 2.48. The lowest BCUT2D eigenvalue weighted by molar-refractivity contribution is 0.250. The first-order valence-electron chi connectivity index (χ1n) is 5.46. The Hall–Kier alpha value is -1.33. The lowest BCUT2D eigenvalue weighted by Crippen LogP contribution is -2.04. The Morgan fingerprint density at radius 1 is 1.35 bits per heavy atom. The van der Waals surface area contributed by atoms with Crippen molar-refractivity contribution in [2.45, 2.75) is 11.9 Å². The van der Waals surface area contributed by atoms with E-state index in [9.17, 15) is 0 Å². The van der Waals surface area contributed by atoms with E-state index in [1.807, 2.05) is 31.2 Å². The van der Waals surface area contributed by atoms with E-state index in [1.54, 1.807) is 11.8 Å². The standard InChI is InChI=1S/C12H15N3OS/c1-8(6-16)7-17-11-9-4-2-3-5-10(9)14-12(13)15-11/h2-5,8,16H,6-7H2,1H3,(H2,13,14,15). The zero-order valence-electron chi connectivity index (χ0n) is 9.63. The molecule has 1 atom stereocenters. The van der Waals surface area contributed by atoms with Crippen molar-refractivity contribution in [3.63, 3.8) is 0 Å². The van der Waals surface area contributed by atoms with Crippen LogP contribution in [-0.4, -0.2) is 27.4 Å². The van der Waals surface area contributed by atoms with E-state index >= 15 is 0 Å². The van der Waals surface area contributed by atoms with Crippen molar-refractivity contribution in [3.05, 3.63) is 24.3 Å². The van der Waals surface area contributed by atoms with Crippen LogP contribution in [0.5, 0.6) is 0 Å². The van der Waals surface area contributed by atoms with Gasteiger partial charge in [-0.3, -0.25) is 0 Å². The number of rotatable bonds is 4. The van der Waals surface area contributed by atoms with Crippen molar-refractivity contribution < 1.29 is 5.11 Å². The van der Waals surface area contributed by atoms with Gasteiger partial charge in [0, 0.05) is 17.7 Å². The molecule has 17 heavy (non-hydrogen) atoms. The second kappa shape index (κ2) is 5.33. The number of nitrogens with two attached hydrogens (primary N) is 1. The number of aliphatic hydroxyl groups excluding tert-OH is 1. The van der Waals surface area contributed by atoms with Gasteiger partial charge in [-0.25, -0.2) is 9.97 Å². The summed E-state index contributed by atoms with van der Waals surface area (Å²) in [6.45, 7) is 2.19. The van der Waals surface area contributed by atoms with E-state index in [-0.39, 0.29) is 12.5 Å². The number of anilines is 1. The minimum atomic E-state index is 0.186. The van der Waals surface area contributed by atoms with Gasteiger partial charge < -0.3 is 10.8 Å². The molecule has 1 aromatic carbocycles. The molecule has 0 saturated carbocycles. The van der Waals surface area contributed by atoms with E-state index in [4.69, 9.17) is 10.8 Å². The van der Waals surface area contributed by atoms with Crippen LogP contribution in [0.2, 0.25) is 0 Å². The van der Waals surface area contributed by atoms with Gasteiger partial charge in [0.15, 0.2) is 0 Å². The predicted octanol–water partition coefficient (Wildman–Crippen LogP) is 1.93. The molecule has 0 aliphatic heterocycles. The molecule has 1 unspecified atom stereocenters. The first-order valence-corrected chi connectivity index (χ1v) is 6.45. The van der Waals surface area contributed by atoms with Gasteiger partial charge in [0.2, 0.25) is 5.95 Å². The molecule has 0 fully saturated rings. The van der Waals surface area contributed by atoms with Crippen LogP contribution in [0.4, 0.5) is 5.95 Å². The first kappa shape index (κ1) is 12.1. The maximum absolute atomic E-state index is 9.01. The zero-order chi connectivity index (χ0) is 12.3. The fourth-order valence-electron chi connectivity index (χ4n) is 1.45. The van der Waals surface area contributed by atoms with Crippen LogP contribution in [0.1, 0.15) is 6.92 Å². The summed E-state index contributed by atoms with van der Waals surface area (Å²) in [6, 6.07) is 7.80. The van der Waals surface area contributed by atoms with E-state index in [2.05, 4.69) is 9.97 Å². The molecule has 0 amide bonds. The van der Waals surface area contributed by atoms with Crippen LogP contribution < -0.4 is 5.73 Å². The third-order valence-electron chi connectivity index (χ3n) is 2.40. The Kier molecular flexibility index (Phi) is 3.81. The summed E-state index contributed by atoms with van der Waals surface area (Å²) < 4.78 is 0. The quantitative estimate of drug-likeness (QED) is 0.640. The molecule has 1 aromatic heterocycles. The van der Waals surface area contributed by atoms with Gasteiger partial charge >= 0.3 is 0 Å². The lowest BCUT2D eigenvalue weighted by atomic mass is 10.2. The first-order chi connectivity index (χ1) is 8.20. The number of hydrogen-bond donors (Lipinski definition) is 2. The van der Waals surface area contributed by atoms with Crippen molar-refractivity contribution >= 4 is 28.6 Å². The number of aliphatic hydroxyl groups is 1. The molecule has 3 N–H and O–H groups in total. The van der Waals surface area contributed by atoms with Crippen LogP contribution in [0.25, 0.3) is 10.9 Å². The van der Waals surface area contributed by atoms with E-state index < -0.39 is 0 Å². The van der Waals surface area contributed by atoms with Crippen molar-refractivity contribution in [2.75, 3.05) is 18.1 Å². The van der Waals surface area contributed by atoms with Gasteiger partial charge in [-0.15, -0.1) is 11.8 Å². The van der Waals surface area contributed by atoms with Crippen LogP contribution in [-0.2, 0) is 0 Å². The topological polar surface area (TPSA) is 72.0 Å². The predicted molar refractivity (Wildman–Crippen MR) is 70.9 cm³/mol. The molecule has 4 nitrogen and oxygen atoms in total. The smallest absolute Gasteiger partial charge is 0.221 e. The molecule has 0 aliphatic rings. The van der Waals surface area contributed by atoms with Gasteiger partial charge in [0.25, 0.3) is 0 Å². The van der Waals surface area contributed by atoms with Gasteiger partial charge in [0.1, 0.15) is 5.03 Å². The van der Waals surface area contributed by atoms with E-state index in [1.165, 1.54) is 0 Å². The molecule has 0 aliphatic carbocycles. The van der Waals surface area contributed by atoms with Crippen LogP contribution >= 0.6 is 11.8 Å². The Morgan fingerprint density at radius 2 is 2.12 bits per heavy atom. The van der Waals surface area contributed by atoms with Crippen molar-refractivity contribution in [1.82, 2.24) is 9.97 Å². The van der Waals surface area contributed by atoms with E-state index in [0.29, 0.717) is 5.95 Å². The molecule has 0 spiro atoms. The Balaban J connectivity index is 2.32. The number of nitrogens with zero attached hydrogens (tertiary/aromatic N) is 2. The summed E-state index contributed by atoms with van der Waals surface area (Å²) in [7, 11) is 0. The number of benzene rings is 1. The van der Waals surface area contributed by atoms with E-state index in [0.717, 1.165) is 21.7 Å². The SMILES string of the molecule is CC(CO)CSc1nc(N)nc2ccccc12. The molecule has 0 radical (unpaired) electrons. The molecule has 2 rings (SSSR count). The highest BCUT2D eigenvalue weighted by atomic mass is 32.2. The monoisotopic (exact) mass is 249 g/mol. The normalized spacial score (nSPS) is 12.8. The minimum Gasteiger partial charge on any atom is -0.396 e. The van der Waals surface area contributed by atoms with Gasteiger partial charge in [-0.1, -0.05) is 25.1 Å².